The van der Waals surface area contributed by atoms with Gasteiger partial charge in [0.25, 0.3) is 0 Å². The van der Waals surface area contributed by atoms with Gasteiger partial charge in [-0.1, -0.05) is 6.07 Å². The molecule has 0 saturated carbocycles. The van der Waals surface area contributed by atoms with Crippen molar-refractivity contribution in [1.82, 2.24) is 20.1 Å². The van der Waals surface area contributed by atoms with Gasteiger partial charge >= 0.3 is 0 Å². The van der Waals surface area contributed by atoms with Crippen LogP contribution in [-0.4, -0.2) is 54.3 Å². The van der Waals surface area contributed by atoms with E-state index in [4.69, 9.17) is 0 Å². The number of guanidine groups is 1. The van der Waals surface area contributed by atoms with Gasteiger partial charge in [-0.05, 0) is 18.4 Å². The minimum Gasteiger partial charge on any atom is -0.351 e. The Kier molecular flexibility index (Phi) is 9.36. The number of rotatable bonds is 6. The zero-order chi connectivity index (χ0) is 17.5. The Balaban J connectivity index is 0.00000312. The van der Waals surface area contributed by atoms with Gasteiger partial charge in [0.05, 0.1) is 23.8 Å². The number of aryl methyl sites for hydroxylation is 1. The lowest BCUT2D eigenvalue weighted by atomic mass is 10.4. The summed E-state index contributed by atoms with van der Waals surface area (Å²) in [5, 5.41) is 8.48. The predicted octanol–water partition coefficient (Wildman–Crippen LogP) is 2.80. The molecule has 0 fully saturated rings. The van der Waals surface area contributed by atoms with Crippen LogP contribution in [0.25, 0.3) is 0 Å². The number of thiazole rings is 1. The summed E-state index contributed by atoms with van der Waals surface area (Å²) in [6.45, 7) is 3.46. The van der Waals surface area contributed by atoms with Crippen LogP contribution < -0.4 is 5.32 Å². The van der Waals surface area contributed by atoms with Crippen LogP contribution >= 0.6 is 46.7 Å². The molecule has 2 aromatic rings. The molecule has 0 saturated heterocycles. The van der Waals surface area contributed by atoms with Crippen molar-refractivity contribution in [2.45, 2.75) is 20.0 Å². The number of aliphatic imine (C=N–C) groups is 1. The number of hydrogen-bond donors (Lipinski definition) is 1. The van der Waals surface area contributed by atoms with Crippen LogP contribution in [0, 0.1) is 6.92 Å². The summed E-state index contributed by atoms with van der Waals surface area (Å²) in [4.78, 5) is 25.5. The number of nitrogens with zero attached hydrogens (tertiary/aromatic N) is 4. The molecule has 1 amide bonds. The van der Waals surface area contributed by atoms with Crippen LogP contribution in [0.1, 0.15) is 15.6 Å². The van der Waals surface area contributed by atoms with E-state index in [1.54, 1.807) is 41.7 Å². The Hall–Kier alpha value is -1.20. The van der Waals surface area contributed by atoms with Crippen molar-refractivity contribution in [2.75, 3.05) is 27.7 Å². The van der Waals surface area contributed by atoms with Gasteiger partial charge in [0.2, 0.25) is 5.91 Å². The van der Waals surface area contributed by atoms with Crippen molar-refractivity contribution < 1.29 is 4.79 Å². The van der Waals surface area contributed by atoms with E-state index in [1.807, 2.05) is 35.7 Å². The van der Waals surface area contributed by atoms with Crippen LogP contribution in [0.2, 0.25) is 0 Å². The summed E-state index contributed by atoms with van der Waals surface area (Å²) >= 11 is 3.33. The lowest BCUT2D eigenvalue weighted by molar-refractivity contribution is -0.127. The molecule has 0 aliphatic heterocycles. The molecular formula is C16H24IN5OS2. The summed E-state index contributed by atoms with van der Waals surface area (Å²) in [6.07, 6.45) is 0. The molecule has 1 N–H and O–H groups in total. The number of likely N-dealkylation sites (N-methyl/N-ethyl adjacent to an activating group) is 1. The molecule has 0 radical (unpaired) electrons. The van der Waals surface area contributed by atoms with E-state index in [0.29, 0.717) is 19.0 Å². The highest BCUT2D eigenvalue weighted by molar-refractivity contribution is 14.0. The Morgan fingerprint density at radius 2 is 2.08 bits per heavy atom. The van der Waals surface area contributed by atoms with Gasteiger partial charge < -0.3 is 15.1 Å². The second kappa shape index (κ2) is 10.7. The van der Waals surface area contributed by atoms with Gasteiger partial charge in [-0.25, -0.2) is 9.98 Å². The Bertz CT molecular complexity index is 685. The lowest BCUT2D eigenvalue weighted by Gasteiger charge is -2.21. The number of nitrogens with one attached hydrogen (secondary N) is 1. The molecule has 138 valence electrons. The molecule has 0 unspecified atom stereocenters. The van der Waals surface area contributed by atoms with E-state index < -0.39 is 0 Å². The Morgan fingerprint density at radius 3 is 2.64 bits per heavy atom. The molecule has 0 atom stereocenters. The second-order valence-corrected chi connectivity index (χ2v) is 7.67. The van der Waals surface area contributed by atoms with E-state index in [2.05, 4.69) is 21.4 Å². The van der Waals surface area contributed by atoms with Crippen molar-refractivity contribution in [3.05, 3.63) is 38.5 Å². The molecule has 25 heavy (non-hydrogen) atoms. The molecule has 2 heterocycles. The number of carbonyl (C=O) groups excluding carboxylic acids is 1. The fourth-order valence-corrected chi connectivity index (χ4v) is 3.22. The Morgan fingerprint density at radius 1 is 1.32 bits per heavy atom. The van der Waals surface area contributed by atoms with E-state index in [-0.39, 0.29) is 36.4 Å². The van der Waals surface area contributed by atoms with Crippen molar-refractivity contribution in [1.29, 1.82) is 0 Å². The third-order valence-corrected chi connectivity index (χ3v) is 4.99. The maximum absolute atomic E-state index is 11.8. The van der Waals surface area contributed by atoms with Crippen LogP contribution in [0.5, 0.6) is 0 Å². The zero-order valence-corrected chi connectivity index (χ0v) is 18.8. The number of aromatic nitrogens is 1. The molecule has 2 rings (SSSR count). The van der Waals surface area contributed by atoms with Gasteiger partial charge in [0, 0.05) is 31.4 Å². The lowest BCUT2D eigenvalue weighted by Crippen LogP contribution is -2.39. The quantitative estimate of drug-likeness (QED) is 0.382. The summed E-state index contributed by atoms with van der Waals surface area (Å²) in [5.41, 5.74) is 1.00. The highest BCUT2D eigenvalue weighted by atomic mass is 127. The van der Waals surface area contributed by atoms with E-state index in [1.165, 1.54) is 4.88 Å². The highest BCUT2D eigenvalue weighted by Crippen LogP contribution is 2.11. The second-order valence-electron chi connectivity index (χ2n) is 5.57. The number of halogens is 1. The molecule has 2 aromatic heterocycles. The first-order chi connectivity index (χ1) is 11.5. The summed E-state index contributed by atoms with van der Waals surface area (Å²) < 4.78 is 0. The first-order valence-corrected chi connectivity index (χ1v) is 9.34. The molecule has 0 aliphatic carbocycles. The van der Waals surface area contributed by atoms with E-state index >= 15 is 0 Å². The van der Waals surface area contributed by atoms with Crippen LogP contribution in [-0.2, 0) is 17.9 Å². The number of amides is 1. The zero-order valence-electron chi connectivity index (χ0n) is 14.9. The average molecular weight is 493 g/mol. The minimum absolute atomic E-state index is 0. The normalized spacial score (nSPS) is 11.0. The van der Waals surface area contributed by atoms with Crippen molar-refractivity contribution >= 4 is 58.5 Å². The van der Waals surface area contributed by atoms with Gasteiger partial charge in [-0.2, -0.15) is 0 Å². The van der Waals surface area contributed by atoms with Gasteiger partial charge in [-0.15, -0.1) is 46.7 Å². The van der Waals surface area contributed by atoms with Crippen LogP contribution in [0.4, 0.5) is 0 Å². The monoisotopic (exact) mass is 493 g/mol. The largest absolute Gasteiger partial charge is 0.351 e. The summed E-state index contributed by atoms with van der Waals surface area (Å²) in [6, 6.07) is 4.10. The standard InChI is InChI=1S/C16H23N5OS2.HI/c1-12-19-13(11-24-12)10-21(4)16(18-9-15(22)20(2)3)17-8-14-6-5-7-23-14;/h5-7,11H,8-10H2,1-4H3,(H,17,18);1H. The fourth-order valence-electron chi connectivity index (χ4n) is 1.97. The molecular weight excluding hydrogens is 469 g/mol. The third-order valence-electron chi connectivity index (χ3n) is 3.29. The van der Waals surface area contributed by atoms with E-state index in [9.17, 15) is 4.79 Å². The number of carbonyl (C=O) groups is 1. The third kappa shape index (κ3) is 7.28. The first-order valence-electron chi connectivity index (χ1n) is 7.58. The van der Waals surface area contributed by atoms with Gasteiger partial charge in [-0.3, -0.25) is 4.79 Å². The highest BCUT2D eigenvalue weighted by Gasteiger charge is 2.11. The van der Waals surface area contributed by atoms with E-state index in [0.717, 1.165) is 10.7 Å². The smallest absolute Gasteiger partial charge is 0.243 e. The first kappa shape index (κ1) is 21.8. The maximum Gasteiger partial charge on any atom is 0.243 e. The van der Waals surface area contributed by atoms with Crippen LogP contribution in [0.15, 0.2) is 27.9 Å². The SMILES string of the molecule is Cc1nc(CN(C)C(=NCC(=O)N(C)C)NCc2cccs2)cs1.I. The maximum atomic E-state index is 11.8. The average Bonchev–Trinajstić information content (AvgIpc) is 3.18. The number of hydrogen-bond acceptors (Lipinski definition) is 5. The number of thiophene rings is 1. The minimum atomic E-state index is -0.0247. The molecule has 0 aliphatic rings. The van der Waals surface area contributed by atoms with Crippen molar-refractivity contribution in [3.63, 3.8) is 0 Å². The van der Waals surface area contributed by atoms with Gasteiger partial charge in [0.15, 0.2) is 5.96 Å². The van der Waals surface area contributed by atoms with Gasteiger partial charge in [0.1, 0.15) is 6.54 Å². The molecule has 6 nitrogen and oxygen atoms in total. The molecule has 9 heteroatoms. The van der Waals surface area contributed by atoms with Crippen molar-refractivity contribution in [3.8, 4) is 0 Å². The van der Waals surface area contributed by atoms with Crippen LogP contribution in [0.3, 0.4) is 0 Å². The Labute approximate surface area is 174 Å². The molecule has 0 aromatic carbocycles. The fraction of sp³-hybridized carbons (Fsp3) is 0.438. The summed E-state index contributed by atoms with van der Waals surface area (Å²) in [5.74, 6) is 0.674. The van der Waals surface area contributed by atoms with Crippen molar-refractivity contribution in [2.24, 2.45) is 4.99 Å². The molecule has 0 spiro atoms. The predicted molar refractivity (Wildman–Crippen MR) is 116 cm³/mol. The topological polar surface area (TPSA) is 60.8 Å². The molecule has 0 bridgehead atoms. The summed E-state index contributed by atoms with van der Waals surface area (Å²) in [7, 11) is 5.42.